The van der Waals surface area contributed by atoms with Crippen LogP contribution in [0.5, 0.6) is 0 Å². The van der Waals surface area contributed by atoms with Crippen LogP contribution in [0.25, 0.3) is 0 Å². The fourth-order valence-corrected chi connectivity index (χ4v) is 3.39. The zero-order valence-electron chi connectivity index (χ0n) is 12.4. The van der Waals surface area contributed by atoms with Crippen LogP contribution in [0, 0.1) is 0 Å². The maximum Gasteiger partial charge on any atom is 0.231 e. The van der Waals surface area contributed by atoms with Crippen molar-refractivity contribution in [1.29, 1.82) is 0 Å². The lowest BCUT2D eigenvalue weighted by atomic mass is 10.1. The van der Waals surface area contributed by atoms with Gasteiger partial charge in [0.05, 0.1) is 6.42 Å². The topological polar surface area (TPSA) is 20.3 Å². The largest absolute Gasteiger partial charge is 0.312 e. The second kappa shape index (κ2) is 8.79. The molecule has 1 aromatic rings. The van der Waals surface area contributed by atoms with E-state index in [0.29, 0.717) is 11.4 Å². The number of anilines is 1. The van der Waals surface area contributed by atoms with Gasteiger partial charge in [-0.1, -0.05) is 65.7 Å². The van der Waals surface area contributed by atoms with Crippen molar-refractivity contribution in [1.82, 2.24) is 0 Å². The van der Waals surface area contributed by atoms with Gasteiger partial charge in [0.15, 0.2) is 0 Å². The van der Waals surface area contributed by atoms with Gasteiger partial charge in [0.1, 0.15) is 0 Å². The number of carbonyl (C=O) groups excluding carboxylic acids is 1. The molecule has 0 radical (unpaired) electrons. The number of halogens is 2. The van der Waals surface area contributed by atoms with Gasteiger partial charge in [0.2, 0.25) is 5.91 Å². The van der Waals surface area contributed by atoms with E-state index in [1.165, 1.54) is 38.5 Å². The summed E-state index contributed by atoms with van der Waals surface area (Å²) in [6.45, 7) is 0.827. The van der Waals surface area contributed by atoms with E-state index in [2.05, 4.69) is 15.9 Å². The standard InChI is InChI=1S/C17H23BrClNO/c18-10-6-4-2-1-3-5-7-11-20-16-13-15(19)9-8-14(16)12-17(20)21/h8-9,13H,1-7,10-12H2. The van der Waals surface area contributed by atoms with E-state index in [9.17, 15) is 4.79 Å². The van der Waals surface area contributed by atoms with Gasteiger partial charge in [0, 0.05) is 22.6 Å². The van der Waals surface area contributed by atoms with Crippen LogP contribution in [0.15, 0.2) is 18.2 Å². The van der Waals surface area contributed by atoms with E-state index in [1.807, 2.05) is 23.1 Å². The average molecular weight is 373 g/mol. The number of amides is 1. The van der Waals surface area contributed by atoms with E-state index in [-0.39, 0.29) is 5.91 Å². The highest BCUT2D eigenvalue weighted by molar-refractivity contribution is 9.09. The molecule has 0 aromatic heterocycles. The van der Waals surface area contributed by atoms with E-state index >= 15 is 0 Å². The Morgan fingerprint density at radius 2 is 1.71 bits per heavy atom. The Bertz CT molecular complexity index is 478. The molecule has 116 valence electrons. The van der Waals surface area contributed by atoms with Gasteiger partial charge in [-0.3, -0.25) is 4.79 Å². The van der Waals surface area contributed by atoms with Crippen LogP contribution in [-0.4, -0.2) is 17.8 Å². The first kappa shape index (κ1) is 16.8. The SMILES string of the molecule is O=C1Cc2ccc(Cl)cc2N1CCCCCCCCCBr. The van der Waals surface area contributed by atoms with Gasteiger partial charge in [-0.25, -0.2) is 0 Å². The third kappa shape index (κ3) is 5.00. The van der Waals surface area contributed by atoms with Crippen molar-refractivity contribution in [2.45, 2.75) is 51.4 Å². The molecule has 1 aliphatic rings. The predicted molar refractivity (Wildman–Crippen MR) is 93.6 cm³/mol. The Hall–Kier alpha value is -0.540. The smallest absolute Gasteiger partial charge is 0.231 e. The molecule has 1 heterocycles. The average Bonchev–Trinajstić information content (AvgIpc) is 2.77. The van der Waals surface area contributed by atoms with E-state index in [1.54, 1.807) is 0 Å². The summed E-state index contributed by atoms with van der Waals surface area (Å²) in [6, 6.07) is 5.76. The molecule has 0 bridgehead atoms. The minimum Gasteiger partial charge on any atom is -0.312 e. The highest BCUT2D eigenvalue weighted by Gasteiger charge is 2.26. The Morgan fingerprint density at radius 3 is 2.43 bits per heavy atom. The highest BCUT2D eigenvalue weighted by Crippen LogP contribution is 2.31. The fraction of sp³-hybridized carbons (Fsp3) is 0.588. The first-order chi connectivity index (χ1) is 10.2. The Labute approximate surface area is 141 Å². The molecule has 1 amide bonds. The van der Waals surface area contributed by atoms with Gasteiger partial charge in [-0.15, -0.1) is 0 Å². The number of unbranched alkanes of at least 4 members (excludes halogenated alkanes) is 6. The first-order valence-electron chi connectivity index (χ1n) is 7.87. The van der Waals surface area contributed by atoms with Crippen molar-refractivity contribution < 1.29 is 4.79 Å². The second-order valence-corrected chi connectivity index (χ2v) is 6.89. The molecule has 0 fully saturated rings. The molecule has 0 unspecified atom stereocenters. The van der Waals surface area contributed by atoms with E-state index in [4.69, 9.17) is 11.6 Å². The Balaban J connectivity index is 1.70. The highest BCUT2D eigenvalue weighted by atomic mass is 79.9. The van der Waals surface area contributed by atoms with E-state index in [0.717, 1.165) is 29.5 Å². The number of nitrogens with zero attached hydrogens (tertiary/aromatic N) is 1. The maximum absolute atomic E-state index is 12.1. The minimum absolute atomic E-state index is 0.213. The maximum atomic E-state index is 12.1. The molecule has 4 heteroatoms. The van der Waals surface area contributed by atoms with Gasteiger partial charge < -0.3 is 4.90 Å². The second-order valence-electron chi connectivity index (χ2n) is 5.66. The van der Waals surface area contributed by atoms with Crippen molar-refractivity contribution in [3.63, 3.8) is 0 Å². The van der Waals surface area contributed by atoms with Crippen LogP contribution >= 0.6 is 27.5 Å². The van der Waals surface area contributed by atoms with Crippen molar-refractivity contribution in [3.05, 3.63) is 28.8 Å². The van der Waals surface area contributed by atoms with Crippen LogP contribution < -0.4 is 4.90 Å². The number of rotatable bonds is 9. The van der Waals surface area contributed by atoms with Crippen LogP contribution in [0.4, 0.5) is 5.69 Å². The van der Waals surface area contributed by atoms with E-state index < -0.39 is 0 Å². The molecule has 0 N–H and O–H groups in total. The Kier molecular flexibility index (Phi) is 7.05. The zero-order chi connectivity index (χ0) is 15.1. The van der Waals surface area contributed by atoms with Crippen LogP contribution in [0.3, 0.4) is 0 Å². The number of hydrogen-bond donors (Lipinski definition) is 0. The quantitative estimate of drug-likeness (QED) is 0.422. The lowest BCUT2D eigenvalue weighted by Gasteiger charge is -2.17. The van der Waals surface area contributed by atoms with Crippen molar-refractivity contribution in [2.75, 3.05) is 16.8 Å². The lowest BCUT2D eigenvalue weighted by molar-refractivity contribution is -0.117. The fourth-order valence-electron chi connectivity index (χ4n) is 2.82. The van der Waals surface area contributed by atoms with Gasteiger partial charge in [-0.2, -0.15) is 0 Å². The van der Waals surface area contributed by atoms with Gasteiger partial charge >= 0.3 is 0 Å². The molecule has 2 nitrogen and oxygen atoms in total. The van der Waals surface area contributed by atoms with Gasteiger partial charge in [-0.05, 0) is 30.5 Å². The molecule has 0 saturated heterocycles. The summed E-state index contributed by atoms with van der Waals surface area (Å²) in [7, 11) is 0. The first-order valence-corrected chi connectivity index (χ1v) is 9.37. The molecular weight excluding hydrogens is 350 g/mol. The molecule has 21 heavy (non-hydrogen) atoms. The van der Waals surface area contributed by atoms with Crippen molar-refractivity contribution in [2.24, 2.45) is 0 Å². The number of hydrogen-bond acceptors (Lipinski definition) is 1. The summed E-state index contributed by atoms with van der Waals surface area (Å²) in [6.07, 6.45) is 9.31. The minimum atomic E-state index is 0.213. The third-order valence-electron chi connectivity index (χ3n) is 4.00. The van der Waals surface area contributed by atoms with Gasteiger partial charge in [0.25, 0.3) is 0 Å². The molecule has 1 aromatic carbocycles. The van der Waals surface area contributed by atoms with Crippen molar-refractivity contribution >= 4 is 39.1 Å². The monoisotopic (exact) mass is 371 g/mol. The number of benzene rings is 1. The summed E-state index contributed by atoms with van der Waals surface area (Å²) in [5.74, 6) is 0.213. The molecule has 0 aliphatic carbocycles. The summed E-state index contributed by atoms with van der Waals surface area (Å²) in [5, 5.41) is 1.83. The summed E-state index contributed by atoms with van der Waals surface area (Å²) in [4.78, 5) is 14.0. The lowest BCUT2D eigenvalue weighted by Crippen LogP contribution is -2.27. The number of carbonyl (C=O) groups is 1. The molecule has 1 aliphatic heterocycles. The normalized spacial score (nSPS) is 13.8. The molecule has 0 spiro atoms. The molecule has 0 saturated carbocycles. The van der Waals surface area contributed by atoms with Crippen LogP contribution in [0.2, 0.25) is 5.02 Å². The summed E-state index contributed by atoms with van der Waals surface area (Å²) < 4.78 is 0. The molecular formula is C17H23BrClNO. The number of alkyl halides is 1. The molecule has 2 rings (SSSR count). The predicted octanol–water partition coefficient (Wildman–Crippen LogP) is 5.35. The molecule has 0 atom stereocenters. The van der Waals surface area contributed by atoms with Crippen LogP contribution in [0.1, 0.15) is 50.5 Å². The third-order valence-corrected chi connectivity index (χ3v) is 4.79. The Morgan fingerprint density at radius 1 is 1.05 bits per heavy atom. The van der Waals surface area contributed by atoms with Crippen molar-refractivity contribution in [3.8, 4) is 0 Å². The summed E-state index contributed by atoms with van der Waals surface area (Å²) in [5.41, 5.74) is 2.13. The van der Waals surface area contributed by atoms with Crippen LogP contribution in [-0.2, 0) is 11.2 Å². The number of fused-ring (bicyclic) bond motifs is 1. The summed E-state index contributed by atoms with van der Waals surface area (Å²) >= 11 is 9.50. The zero-order valence-corrected chi connectivity index (χ0v) is 14.8.